The molecule has 0 bridgehead atoms. The van der Waals surface area contributed by atoms with Crippen LogP contribution in [0.2, 0.25) is 0 Å². The molecule has 0 unspecified atom stereocenters. The number of hydrogen-bond donors (Lipinski definition) is 1. The van der Waals surface area contributed by atoms with E-state index in [9.17, 15) is 5.11 Å². The summed E-state index contributed by atoms with van der Waals surface area (Å²) in [5.41, 5.74) is 0. The first-order chi connectivity index (χ1) is 15.3. The molecule has 0 amide bonds. The summed E-state index contributed by atoms with van der Waals surface area (Å²) in [7, 11) is 6.50. The van der Waals surface area contributed by atoms with Crippen LogP contribution in [0.1, 0.15) is 40.0 Å². The molecule has 10 heteroatoms. The van der Waals surface area contributed by atoms with Crippen LogP contribution in [0.3, 0.4) is 0 Å². The highest BCUT2D eigenvalue weighted by atomic mass is 16.7. The van der Waals surface area contributed by atoms with E-state index >= 15 is 0 Å². The predicted molar refractivity (Wildman–Crippen MR) is 112 cm³/mol. The van der Waals surface area contributed by atoms with Crippen molar-refractivity contribution in [3.63, 3.8) is 0 Å². The first-order valence-corrected chi connectivity index (χ1v) is 11.4. The van der Waals surface area contributed by atoms with Crippen LogP contribution in [-0.2, 0) is 42.6 Å². The van der Waals surface area contributed by atoms with E-state index < -0.39 is 24.8 Å². The van der Waals surface area contributed by atoms with E-state index in [1.807, 2.05) is 13.8 Å². The van der Waals surface area contributed by atoms with Gasteiger partial charge >= 0.3 is 0 Å². The molecule has 0 aromatic carbocycles. The standard InChI is InChI=1S/C22H40O10/c1-11-20(23)14(24-4)8-18(28-11)31-22-13(3)30-19(10-16(22)26-6)32-21-12(2)29-17(27-7)9-15(21)25-5/h11-23H,8-10H2,1-7H3/t11-,12-,13-,14-,15+,16+,17+,18+,19+,20-,21+,22-/m1/s1. The summed E-state index contributed by atoms with van der Waals surface area (Å²) in [6, 6.07) is 0. The van der Waals surface area contributed by atoms with Crippen LogP contribution in [0.15, 0.2) is 0 Å². The van der Waals surface area contributed by atoms with Crippen molar-refractivity contribution < 1.29 is 47.7 Å². The highest BCUT2D eigenvalue weighted by molar-refractivity contribution is 4.89. The van der Waals surface area contributed by atoms with Crippen molar-refractivity contribution in [1.29, 1.82) is 0 Å². The summed E-state index contributed by atoms with van der Waals surface area (Å²) in [5, 5.41) is 10.2. The summed E-state index contributed by atoms with van der Waals surface area (Å²) in [5.74, 6) is 0. The molecule has 3 rings (SSSR count). The second kappa shape index (κ2) is 11.8. The Balaban J connectivity index is 1.60. The van der Waals surface area contributed by atoms with Gasteiger partial charge in [-0.2, -0.15) is 0 Å². The topological polar surface area (TPSA) is 103 Å². The van der Waals surface area contributed by atoms with Crippen LogP contribution < -0.4 is 0 Å². The molecule has 3 saturated heterocycles. The Bertz CT molecular complexity index is 565. The first-order valence-electron chi connectivity index (χ1n) is 11.4. The second-order valence-corrected chi connectivity index (χ2v) is 8.77. The molecule has 3 fully saturated rings. The van der Waals surface area contributed by atoms with Crippen molar-refractivity contribution in [3.8, 4) is 0 Å². The SMILES string of the molecule is CO[C@@H]1C[C@H](OC)[C@@H](O[C@H]2C[C@H](OC)[C@H](O[C@H]3C[C@@H](OC)[C@H](O)[C@@H](C)O3)[C@@H](C)O2)[C@@H](C)O1. The average molecular weight is 465 g/mol. The number of aliphatic hydroxyl groups excluding tert-OH is 1. The number of ether oxygens (including phenoxy) is 9. The summed E-state index contributed by atoms with van der Waals surface area (Å²) in [4.78, 5) is 0. The van der Waals surface area contributed by atoms with Crippen molar-refractivity contribution in [2.24, 2.45) is 0 Å². The number of hydrogen-bond acceptors (Lipinski definition) is 10. The van der Waals surface area contributed by atoms with Crippen molar-refractivity contribution in [1.82, 2.24) is 0 Å². The minimum atomic E-state index is -0.693. The Hall–Kier alpha value is -0.400. The zero-order chi connectivity index (χ0) is 23.4. The lowest BCUT2D eigenvalue weighted by Gasteiger charge is -2.45. The number of aliphatic hydroxyl groups is 1. The lowest BCUT2D eigenvalue weighted by molar-refractivity contribution is -0.335. The molecule has 1 N–H and O–H groups in total. The summed E-state index contributed by atoms with van der Waals surface area (Å²) in [6.45, 7) is 5.67. The van der Waals surface area contributed by atoms with Gasteiger partial charge in [-0.25, -0.2) is 0 Å². The first kappa shape index (κ1) is 26.2. The van der Waals surface area contributed by atoms with E-state index in [4.69, 9.17) is 42.6 Å². The van der Waals surface area contributed by atoms with Gasteiger partial charge < -0.3 is 47.7 Å². The molecule has 0 spiro atoms. The maximum Gasteiger partial charge on any atom is 0.161 e. The monoisotopic (exact) mass is 464 g/mol. The lowest BCUT2D eigenvalue weighted by atomic mass is 9.99. The van der Waals surface area contributed by atoms with E-state index in [1.54, 1.807) is 35.4 Å². The van der Waals surface area contributed by atoms with Gasteiger partial charge in [0.1, 0.15) is 18.3 Å². The summed E-state index contributed by atoms with van der Waals surface area (Å²) >= 11 is 0. The molecule has 0 radical (unpaired) electrons. The molecule has 188 valence electrons. The molecule has 0 aliphatic carbocycles. The normalized spacial score (nSPS) is 48.0. The van der Waals surface area contributed by atoms with Crippen molar-refractivity contribution in [2.45, 2.75) is 114 Å². The zero-order valence-electron chi connectivity index (χ0n) is 20.2. The van der Waals surface area contributed by atoms with E-state index in [0.717, 1.165) is 0 Å². The molecular formula is C22H40O10. The van der Waals surface area contributed by atoms with E-state index in [-0.39, 0.29) is 49.0 Å². The van der Waals surface area contributed by atoms with Crippen molar-refractivity contribution in [3.05, 3.63) is 0 Å². The van der Waals surface area contributed by atoms with Gasteiger partial charge in [0.05, 0.1) is 36.6 Å². The Labute approximate surface area is 190 Å². The van der Waals surface area contributed by atoms with E-state index in [2.05, 4.69) is 0 Å². The second-order valence-electron chi connectivity index (χ2n) is 8.77. The lowest BCUT2D eigenvalue weighted by Crippen LogP contribution is -2.56. The highest BCUT2D eigenvalue weighted by Crippen LogP contribution is 2.33. The molecule has 0 aromatic heterocycles. The van der Waals surface area contributed by atoms with Gasteiger partial charge in [-0.05, 0) is 20.8 Å². The molecule has 0 aromatic rings. The number of methoxy groups -OCH3 is 4. The van der Waals surface area contributed by atoms with Crippen LogP contribution in [0.25, 0.3) is 0 Å². The average Bonchev–Trinajstić information content (AvgIpc) is 2.78. The van der Waals surface area contributed by atoms with Crippen LogP contribution in [0, 0.1) is 0 Å². The van der Waals surface area contributed by atoms with Gasteiger partial charge in [-0.3, -0.25) is 0 Å². The Kier molecular flexibility index (Phi) is 9.69. The molecule has 10 nitrogen and oxygen atoms in total. The van der Waals surface area contributed by atoms with Gasteiger partial charge in [0.2, 0.25) is 0 Å². The molecule has 32 heavy (non-hydrogen) atoms. The maximum atomic E-state index is 10.2. The number of rotatable bonds is 8. The Morgan fingerprint density at radius 1 is 0.562 bits per heavy atom. The van der Waals surface area contributed by atoms with Gasteiger partial charge in [0.25, 0.3) is 0 Å². The van der Waals surface area contributed by atoms with Gasteiger partial charge in [0, 0.05) is 47.7 Å². The third kappa shape index (κ3) is 5.99. The van der Waals surface area contributed by atoms with E-state index in [1.165, 1.54) is 0 Å². The van der Waals surface area contributed by atoms with Gasteiger partial charge in [0.15, 0.2) is 18.9 Å². The van der Waals surface area contributed by atoms with Crippen LogP contribution in [0.5, 0.6) is 0 Å². The smallest absolute Gasteiger partial charge is 0.161 e. The fraction of sp³-hybridized carbons (Fsp3) is 1.00. The summed E-state index contributed by atoms with van der Waals surface area (Å²) in [6.07, 6.45) is -2.93. The Morgan fingerprint density at radius 3 is 1.44 bits per heavy atom. The molecule has 3 heterocycles. The van der Waals surface area contributed by atoms with Crippen molar-refractivity contribution in [2.75, 3.05) is 28.4 Å². The van der Waals surface area contributed by atoms with Crippen LogP contribution >= 0.6 is 0 Å². The minimum Gasteiger partial charge on any atom is -0.388 e. The van der Waals surface area contributed by atoms with E-state index in [0.29, 0.717) is 19.3 Å². The molecule has 3 aliphatic rings. The van der Waals surface area contributed by atoms with Crippen LogP contribution in [0.4, 0.5) is 0 Å². The maximum absolute atomic E-state index is 10.2. The van der Waals surface area contributed by atoms with Gasteiger partial charge in [-0.15, -0.1) is 0 Å². The zero-order valence-corrected chi connectivity index (χ0v) is 20.2. The fourth-order valence-electron chi connectivity index (χ4n) is 4.77. The third-order valence-corrected chi connectivity index (χ3v) is 6.68. The predicted octanol–water partition coefficient (Wildman–Crippen LogP) is 1.21. The molecule has 12 atom stereocenters. The van der Waals surface area contributed by atoms with Crippen LogP contribution in [-0.4, -0.2) is 107 Å². The highest BCUT2D eigenvalue weighted by Gasteiger charge is 2.45. The van der Waals surface area contributed by atoms with Crippen molar-refractivity contribution >= 4 is 0 Å². The quantitative estimate of drug-likeness (QED) is 0.564. The molecule has 0 saturated carbocycles. The molecule has 3 aliphatic heterocycles. The van der Waals surface area contributed by atoms with Gasteiger partial charge in [-0.1, -0.05) is 0 Å². The largest absolute Gasteiger partial charge is 0.388 e. The fourth-order valence-corrected chi connectivity index (χ4v) is 4.77. The minimum absolute atomic E-state index is 0.174. The molecular weight excluding hydrogens is 424 g/mol. The third-order valence-electron chi connectivity index (χ3n) is 6.68. The Morgan fingerprint density at radius 2 is 0.969 bits per heavy atom. The summed E-state index contributed by atoms with van der Waals surface area (Å²) < 4.78 is 52.6.